The zero-order valence-corrected chi connectivity index (χ0v) is 12.8. The summed E-state index contributed by atoms with van der Waals surface area (Å²) in [6, 6.07) is 4.20. The Morgan fingerprint density at radius 1 is 1.32 bits per heavy atom. The number of nitriles is 1. The summed E-state index contributed by atoms with van der Waals surface area (Å²) >= 11 is 0. The minimum Gasteiger partial charge on any atom is -0.379 e. The van der Waals surface area contributed by atoms with Crippen molar-refractivity contribution in [2.45, 2.75) is 44.6 Å². The van der Waals surface area contributed by atoms with Crippen LogP contribution in [0.15, 0.2) is 18.5 Å². The number of aromatic nitrogens is 1. The van der Waals surface area contributed by atoms with Crippen LogP contribution in [-0.4, -0.2) is 34.9 Å². The molecule has 1 aromatic rings. The summed E-state index contributed by atoms with van der Waals surface area (Å²) in [4.78, 5) is 18.5. The van der Waals surface area contributed by atoms with Crippen LogP contribution in [0, 0.1) is 17.2 Å². The van der Waals surface area contributed by atoms with E-state index in [0.29, 0.717) is 11.5 Å². The van der Waals surface area contributed by atoms with Crippen LogP contribution in [0.1, 0.15) is 44.1 Å². The third kappa shape index (κ3) is 3.22. The summed E-state index contributed by atoms with van der Waals surface area (Å²) in [6.07, 6.45) is 9.94. The number of carbonyl (C=O) groups excluding carboxylic acids is 1. The fourth-order valence-electron chi connectivity index (χ4n) is 3.52. The lowest BCUT2D eigenvalue weighted by Gasteiger charge is -2.26. The van der Waals surface area contributed by atoms with E-state index in [4.69, 9.17) is 5.26 Å². The average Bonchev–Trinajstić information content (AvgIpc) is 3.04. The van der Waals surface area contributed by atoms with E-state index in [9.17, 15) is 4.79 Å². The Morgan fingerprint density at radius 2 is 2.14 bits per heavy atom. The van der Waals surface area contributed by atoms with Crippen LogP contribution >= 0.6 is 0 Å². The highest BCUT2D eigenvalue weighted by atomic mass is 16.2. The predicted octanol–water partition coefficient (Wildman–Crippen LogP) is 2.55. The molecular formula is C17H22N4O. The first kappa shape index (κ1) is 14.8. The van der Waals surface area contributed by atoms with E-state index < -0.39 is 0 Å². The fraction of sp³-hybridized carbons (Fsp3) is 0.588. The summed E-state index contributed by atoms with van der Waals surface area (Å²) in [5.41, 5.74) is 1.37. The van der Waals surface area contributed by atoms with E-state index in [0.717, 1.165) is 38.0 Å². The van der Waals surface area contributed by atoms with Crippen LogP contribution in [0.25, 0.3) is 0 Å². The minimum absolute atomic E-state index is 0.224. The summed E-state index contributed by atoms with van der Waals surface area (Å²) in [5, 5.41) is 12.5. The van der Waals surface area contributed by atoms with Crippen molar-refractivity contribution >= 4 is 11.6 Å². The zero-order chi connectivity index (χ0) is 15.4. The minimum atomic E-state index is 0.224. The molecule has 2 aliphatic rings. The van der Waals surface area contributed by atoms with Gasteiger partial charge in [0.05, 0.1) is 11.3 Å². The lowest BCUT2D eigenvalue weighted by Crippen LogP contribution is -2.36. The van der Waals surface area contributed by atoms with Gasteiger partial charge in [-0.25, -0.2) is 0 Å². The summed E-state index contributed by atoms with van der Waals surface area (Å²) in [7, 11) is 0. The molecule has 5 nitrogen and oxygen atoms in total. The molecule has 1 saturated heterocycles. The number of hydrogen-bond donors (Lipinski definition) is 1. The number of carbonyl (C=O) groups is 1. The van der Waals surface area contributed by atoms with Gasteiger partial charge < -0.3 is 10.2 Å². The number of rotatable bonds is 3. The zero-order valence-electron chi connectivity index (χ0n) is 12.8. The van der Waals surface area contributed by atoms with Gasteiger partial charge in [-0.2, -0.15) is 5.26 Å². The molecule has 1 aliphatic heterocycles. The monoisotopic (exact) mass is 298 g/mol. The number of hydrogen-bond acceptors (Lipinski definition) is 4. The van der Waals surface area contributed by atoms with Crippen molar-refractivity contribution in [2.24, 2.45) is 5.92 Å². The van der Waals surface area contributed by atoms with Gasteiger partial charge in [-0.1, -0.05) is 19.3 Å². The smallest absolute Gasteiger partial charge is 0.225 e. The van der Waals surface area contributed by atoms with Crippen LogP contribution in [0.3, 0.4) is 0 Å². The Kier molecular flexibility index (Phi) is 4.57. The number of likely N-dealkylation sites (tertiary alicyclic amines) is 1. The molecule has 0 radical (unpaired) electrons. The van der Waals surface area contributed by atoms with Gasteiger partial charge in [0, 0.05) is 37.4 Å². The molecule has 1 N–H and O–H groups in total. The molecule has 0 aromatic carbocycles. The third-order valence-corrected chi connectivity index (χ3v) is 4.76. The Hall–Kier alpha value is -2.09. The van der Waals surface area contributed by atoms with E-state index in [1.807, 2.05) is 11.0 Å². The van der Waals surface area contributed by atoms with Crippen molar-refractivity contribution in [3.63, 3.8) is 0 Å². The maximum Gasteiger partial charge on any atom is 0.225 e. The highest BCUT2D eigenvalue weighted by molar-refractivity contribution is 5.79. The number of anilines is 1. The second kappa shape index (κ2) is 6.78. The van der Waals surface area contributed by atoms with E-state index in [1.165, 1.54) is 19.3 Å². The van der Waals surface area contributed by atoms with Gasteiger partial charge in [0.1, 0.15) is 6.07 Å². The quantitative estimate of drug-likeness (QED) is 0.931. The second-order valence-electron chi connectivity index (χ2n) is 6.28. The summed E-state index contributed by atoms with van der Waals surface area (Å²) in [5.74, 6) is 0.572. The van der Waals surface area contributed by atoms with Crippen molar-refractivity contribution in [1.82, 2.24) is 9.88 Å². The first-order chi connectivity index (χ1) is 10.8. The Labute approximate surface area is 131 Å². The van der Waals surface area contributed by atoms with E-state index >= 15 is 0 Å². The lowest BCUT2D eigenvalue weighted by molar-refractivity contribution is -0.135. The third-order valence-electron chi connectivity index (χ3n) is 4.76. The van der Waals surface area contributed by atoms with Crippen LogP contribution in [0.2, 0.25) is 0 Å². The first-order valence-corrected chi connectivity index (χ1v) is 8.17. The molecule has 1 amide bonds. The van der Waals surface area contributed by atoms with E-state index in [1.54, 1.807) is 12.4 Å². The molecule has 2 heterocycles. The average molecular weight is 298 g/mol. The van der Waals surface area contributed by atoms with Gasteiger partial charge in [-0.3, -0.25) is 9.78 Å². The summed E-state index contributed by atoms with van der Waals surface area (Å²) in [6.45, 7) is 1.56. The van der Waals surface area contributed by atoms with Crippen LogP contribution in [-0.2, 0) is 4.79 Å². The van der Waals surface area contributed by atoms with Gasteiger partial charge in [0.15, 0.2) is 0 Å². The van der Waals surface area contributed by atoms with Crippen molar-refractivity contribution in [1.29, 1.82) is 5.26 Å². The van der Waals surface area contributed by atoms with Crippen molar-refractivity contribution in [3.05, 3.63) is 24.0 Å². The molecule has 1 saturated carbocycles. The highest BCUT2D eigenvalue weighted by Gasteiger charge is 2.31. The highest BCUT2D eigenvalue weighted by Crippen LogP contribution is 2.27. The van der Waals surface area contributed by atoms with Gasteiger partial charge in [0.25, 0.3) is 0 Å². The molecule has 1 unspecified atom stereocenters. The molecule has 5 heteroatoms. The van der Waals surface area contributed by atoms with Crippen LogP contribution < -0.4 is 5.32 Å². The summed E-state index contributed by atoms with van der Waals surface area (Å²) < 4.78 is 0. The van der Waals surface area contributed by atoms with Crippen molar-refractivity contribution in [2.75, 3.05) is 18.4 Å². The van der Waals surface area contributed by atoms with Gasteiger partial charge in [-0.15, -0.1) is 0 Å². The standard InChI is InChI=1S/C17H22N4O/c18-10-14-11-19-8-6-16(14)20-15-7-9-21(12-15)17(22)13-4-2-1-3-5-13/h6,8,11,13,15H,1-5,7,9,12H2,(H,19,20). The molecule has 0 spiro atoms. The predicted molar refractivity (Wildman–Crippen MR) is 84.1 cm³/mol. The normalized spacial score (nSPS) is 22.3. The Balaban J connectivity index is 1.58. The number of amides is 1. The van der Waals surface area contributed by atoms with Gasteiger partial charge in [-0.05, 0) is 25.3 Å². The topological polar surface area (TPSA) is 69.0 Å². The Morgan fingerprint density at radius 3 is 2.91 bits per heavy atom. The lowest BCUT2D eigenvalue weighted by atomic mass is 9.88. The molecular weight excluding hydrogens is 276 g/mol. The van der Waals surface area contributed by atoms with Crippen LogP contribution in [0.4, 0.5) is 5.69 Å². The molecule has 1 aromatic heterocycles. The maximum absolute atomic E-state index is 12.6. The van der Waals surface area contributed by atoms with Gasteiger partial charge >= 0.3 is 0 Å². The largest absolute Gasteiger partial charge is 0.379 e. The molecule has 3 rings (SSSR count). The Bertz CT molecular complexity index is 574. The molecule has 116 valence electrons. The molecule has 0 bridgehead atoms. The number of nitrogens with zero attached hydrogens (tertiary/aromatic N) is 3. The van der Waals surface area contributed by atoms with E-state index in [-0.39, 0.29) is 12.0 Å². The first-order valence-electron chi connectivity index (χ1n) is 8.17. The molecule has 1 atom stereocenters. The molecule has 22 heavy (non-hydrogen) atoms. The van der Waals surface area contributed by atoms with Crippen LogP contribution in [0.5, 0.6) is 0 Å². The van der Waals surface area contributed by atoms with Crippen molar-refractivity contribution < 1.29 is 4.79 Å². The fourth-order valence-corrected chi connectivity index (χ4v) is 3.52. The maximum atomic E-state index is 12.6. The molecule has 1 aliphatic carbocycles. The second-order valence-corrected chi connectivity index (χ2v) is 6.28. The number of pyridine rings is 1. The van der Waals surface area contributed by atoms with Crippen molar-refractivity contribution in [3.8, 4) is 6.07 Å². The SMILES string of the molecule is N#Cc1cnccc1NC1CCN(C(=O)C2CCCCC2)C1. The number of nitrogens with one attached hydrogen (secondary N) is 1. The van der Waals surface area contributed by atoms with Gasteiger partial charge in [0.2, 0.25) is 5.91 Å². The molecule has 2 fully saturated rings. The van der Waals surface area contributed by atoms with E-state index in [2.05, 4.69) is 16.4 Å².